The van der Waals surface area contributed by atoms with Crippen LogP contribution in [0.25, 0.3) is 0 Å². The highest BCUT2D eigenvalue weighted by molar-refractivity contribution is 7.91. The molecular formula is C16H18ClN5O4S. The first-order valence-electron chi connectivity index (χ1n) is 8.19. The molecule has 3 heterocycles. The van der Waals surface area contributed by atoms with Gasteiger partial charge in [0.05, 0.1) is 35.0 Å². The predicted molar refractivity (Wildman–Crippen MR) is 101 cm³/mol. The van der Waals surface area contributed by atoms with E-state index in [2.05, 4.69) is 15.6 Å². The lowest BCUT2D eigenvalue weighted by Crippen LogP contribution is -2.29. The fourth-order valence-corrected chi connectivity index (χ4v) is 4.89. The average Bonchev–Trinajstić information content (AvgIpc) is 3.10. The molecule has 0 saturated carbocycles. The summed E-state index contributed by atoms with van der Waals surface area (Å²) in [7, 11) is -3.06. The molecule has 27 heavy (non-hydrogen) atoms. The number of sulfone groups is 1. The van der Waals surface area contributed by atoms with E-state index in [0.717, 1.165) is 0 Å². The lowest BCUT2D eigenvalue weighted by molar-refractivity contribution is -0.121. The van der Waals surface area contributed by atoms with Crippen LogP contribution in [0, 0.1) is 6.92 Å². The molecule has 1 aliphatic heterocycles. The molecule has 1 saturated heterocycles. The molecule has 1 atom stereocenters. The standard InChI is InChI=1S/C16H18ClN5O4S/c1-11-13(16(17)22(20-11)12-5-7-27(25,26)10-12)8-18-19-14(23)9-21-6-3-2-4-15(21)24/h2-4,6,8,12H,5,7,9-10H2,1H3,(H,19,23)/b18-8-/t12-/m1/s1. The van der Waals surface area contributed by atoms with Gasteiger partial charge in [-0.1, -0.05) is 17.7 Å². The minimum Gasteiger partial charge on any atom is -0.306 e. The van der Waals surface area contributed by atoms with Crippen molar-refractivity contribution in [3.63, 3.8) is 0 Å². The SMILES string of the molecule is Cc1nn([C@@H]2CCS(=O)(=O)C2)c(Cl)c1/C=N\NC(=O)Cn1ccccc1=O. The van der Waals surface area contributed by atoms with Crippen molar-refractivity contribution in [2.45, 2.75) is 25.9 Å². The lowest BCUT2D eigenvalue weighted by atomic mass is 10.2. The molecule has 1 N–H and O–H groups in total. The summed E-state index contributed by atoms with van der Waals surface area (Å²) in [5, 5.41) is 8.44. The van der Waals surface area contributed by atoms with Crippen LogP contribution >= 0.6 is 11.6 Å². The maximum atomic E-state index is 11.9. The maximum Gasteiger partial charge on any atom is 0.260 e. The molecule has 0 aromatic carbocycles. The smallest absolute Gasteiger partial charge is 0.260 e. The van der Waals surface area contributed by atoms with Gasteiger partial charge < -0.3 is 4.57 Å². The van der Waals surface area contributed by atoms with E-state index in [0.29, 0.717) is 17.7 Å². The molecule has 0 spiro atoms. The van der Waals surface area contributed by atoms with E-state index in [1.54, 1.807) is 19.1 Å². The van der Waals surface area contributed by atoms with Crippen molar-refractivity contribution < 1.29 is 13.2 Å². The number of halogens is 1. The van der Waals surface area contributed by atoms with E-state index in [4.69, 9.17) is 11.6 Å². The Morgan fingerprint density at radius 1 is 1.48 bits per heavy atom. The Morgan fingerprint density at radius 3 is 2.93 bits per heavy atom. The molecule has 0 aliphatic carbocycles. The van der Waals surface area contributed by atoms with Gasteiger partial charge in [0.15, 0.2) is 9.84 Å². The summed E-state index contributed by atoms with van der Waals surface area (Å²) in [5.74, 6) is -0.347. The van der Waals surface area contributed by atoms with Crippen LogP contribution < -0.4 is 11.0 Å². The first-order chi connectivity index (χ1) is 12.8. The van der Waals surface area contributed by atoms with E-state index < -0.39 is 15.7 Å². The van der Waals surface area contributed by atoms with Gasteiger partial charge in [-0.3, -0.25) is 9.59 Å². The summed E-state index contributed by atoms with van der Waals surface area (Å²) in [6.45, 7) is 1.56. The van der Waals surface area contributed by atoms with Gasteiger partial charge >= 0.3 is 0 Å². The Kier molecular flexibility index (Phi) is 5.47. The summed E-state index contributed by atoms with van der Waals surface area (Å²) in [6, 6.07) is 4.30. The Labute approximate surface area is 160 Å². The summed E-state index contributed by atoms with van der Waals surface area (Å²) >= 11 is 6.32. The first kappa shape index (κ1) is 19.3. The highest BCUT2D eigenvalue weighted by atomic mass is 35.5. The van der Waals surface area contributed by atoms with Gasteiger partial charge in [0.2, 0.25) is 0 Å². The van der Waals surface area contributed by atoms with Crippen LogP contribution in [0.1, 0.15) is 23.7 Å². The second-order valence-corrected chi connectivity index (χ2v) is 8.84. The van der Waals surface area contributed by atoms with E-state index >= 15 is 0 Å². The third-order valence-corrected chi connectivity index (χ3v) is 6.35. The fourth-order valence-electron chi connectivity index (χ4n) is 2.84. The molecule has 9 nitrogen and oxygen atoms in total. The molecule has 1 fully saturated rings. The molecular weight excluding hydrogens is 394 g/mol. The zero-order chi connectivity index (χ0) is 19.6. The van der Waals surface area contributed by atoms with Crippen LogP contribution in [0.5, 0.6) is 0 Å². The quantitative estimate of drug-likeness (QED) is 0.568. The number of hydrogen-bond donors (Lipinski definition) is 1. The number of pyridine rings is 1. The summed E-state index contributed by atoms with van der Waals surface area (Å²) in [4.78, 5) is 23.5. The number of rotatable bonds is 5. The second kappa shape index (κ2) is 7.65. The van der Waals surface area contributed by atoms with Crippen molar-refractivity contribution in [2.75, 3.05) is 11.5 Å². The lowest BCUT2D eigenvalue weighted by Gasteiger charge is -2.09. The number of nitrogens with zero attached hydrogens (tertiary/aromatic N) is 4. The Hall–Kier alpha value is -2.46. The number of carbonyl (C=O) groups is 1. The predicted octanol–water partition coefficient (Wildman–Crippen LogP) is 0.517. The molecule has 2 aromatic heterocycles. The van der Waals surface area contributed by atoms with Crippen molar-refractivity contribution in [3.05, 3.63) is 51.2 Å². The minimum absolute atomic E-state index is 0.00693. The molecule has 2 aromatic rings. The van der Waals surface area contributed by atoms with Gasteiger partial charge in [-0.2, -0.15) is 10.2 Å². The third kappa shape index (κ3) is 4.45. The van der Waals surface area contributed by atoms with Crippen molar-refractivity contribution in [2.24, 2.45) is 5.10 Å². The van der Waals surface area contributed by atoms with Crippen molar-refractivity contribution in [1.82, 2.24) is 19.8 Å². The topological polar surface area (TPSA) is 115 Å². The van der Waals surface area contributed by atoms with Crippen LogP contribution in [-0.4, -0.2) is 46.4 Å². The largest absolute Gasteiger partial charge is 0.306 e. The number of aryl methyl sites for hydroxylation is 1. The second-order valence-electron chi connectivity index (χ2n) is 6.25. The van der Waals surface area contributed by atoms with Gasteiger partial charge in [-0.05, 0) is 19.4 Å². The number of carbonyl (C=O) groups excluding carboxylic acids is 1. The Morgan fingerprint density at radius 2 is 2.26 bits per heavy atom. The number of nitrogens with one attached hydrogen (secondary N) is 1. The summed E-state index contributed by atoms with van der Waals surface area (Å²) in [6.07, 6.45) is 3.32. The first-order valence-corrected chi connectivity index (χ1v) is 10.4. The van der Waals surface area contributed by atoms with Crippen molar-refractivity contribution in [1.29, 1.82) is 0 Å². The third-order valence-electron chi connectivity index (χ3n) is 4.22. The monoisotopic (exact) mass is 411 g/mol. The van der Waals surface area contributed by atoms with Gasteiger partial charge in [0.25, 0.3) is 11.5 Å². The summed E-state index contributed by atoms with van der Waals surface area (Å²) in [5.41, 5.74) is 3.11. The molecule has 11 heteroatoms. The fraction of sp³-hybridized carbons (Fsp3) is 0.375. The molecule has 3 rings (SSSR count). The van der Waals surface area contributed by atoms with Crippen molar-refractivity contribution >= 4 is 33.6 Å². The van der Waals surface area contributed by atoms with Crippen LogP contribution in [-0.2, 0) is 21.2 Å². The number of aromatic nitrogens is 3. The van der Waals surface area contributed by atoms with Gasteiger partial charge in [-0.15, -0.1) is 0 Å². The Bertz CT molecular complexity index is 1060. The zero-order valence-corrected chi connectivity index (χ0v) is 16.1. The van der Waals surface area contributed by atoms with Crippen LogP contribution in [0.2, 0.25) is 5.15 Å². The van der Waals surface area contributed by atoms with Crippen LogP contribution in [0.3, 0.4) is 0 Å². The molecule has 0 radical (unpaired) electrons. The van der Waals surface area contributed by atoms with Gasteiger partial charge in [-0.25, -0.2) is 18.5 Å². The molecule has 0 unspecified atom stereocenters. The van der Waals surface area contributed by atoms with Crippen molar-refractivity contribution in [3.8, 4) is 0 Å². The molecule has 0 bridgehead atoms. The van der Waals surface area contributed by atoms with Crippen LogP contribution in [0.15, 0.2) is 34.3 Å². The average molecular weight is 412 g/mol. The van der Waals surface area contributed by atoms with E-state index in [9.17, 15) is 18.0 Å². The van der Waals surface area contributed by atoms with Crippen LogP contribution in [0.4, 0.5) is 0 Å². The van der Waals surface area contributed by atoms with E-state index in [1.165, 1.54) is 27.7 Å². The number of amides is 1. The minimum atomic E-state index is -3.06. The number of hydrazone groups is 1. The maximum absolute atomic E-state index is 11.9. The van der Waals surface area contributed by atoms with E-state index in [1.807, 2.05) is 0 Å². The number of hydrogen-bond acceptors (Lipinski definition) is 6. The highest BCUT2D eigenvalue weighted by Gasteiger charge is 2.31. The molecule has 144 valence electrons. The summed E-state index contributed by atoms with van der Waals surface area (Å²) < 4.78 is 26.1. The molecule has 1 aliphatic rings. The molecule has 1 amide bonds. The van der Waals surface area contributed by atoms with Gasteiger partial charge in [0, 0.05) is 12.3 Å². The highest BCUT2D eigenvalue weighted by Crippen LogP contribution is 2.29. The Balaban J connectivity index is 1.68. The zero-order valence-electron chi connectivity index (χ0n) is 14.5. The van der Waals surface area contributed by atoms with E-state index in [-0.39, 0.29) is 34.8 Å². The van der Waals surface area contributed by atoms with Gasteiger partial charge in [0.1, 0.15) is 11.7 Å². The normalized spacial score (nSPS) is 18.8.